The minimum absolute atomic E-state index is 0.335. The van der Waals surface area contributed by atoms with Crippen molar-refractivity contribution in [3.05, 3.63) is 132 Å². The molecule has 0 atom stereocenters. The van der Waals surface area contributed by atoms with Crippen molar-refractivity contribution in [1.29, 1.82) is 0 Å². The highest BCUT2D eigenvalue weighted by molar-refractivity contribution is 6.13. The van der Waals surface area contributed by atoms with E-state index in [1.165, 1.54) is 0 Å². The highest BCUT2D eigenvalue weighted by Crippen LogP contribution is 2.27. The number of amides is 2. The normalized spacial score (nSPS) is 11.0. The zero-order chi connectivity index (χ0) is 29.3. The predicted molar refractivity (Wildman–Crippen MR) is 167 cm³/mol. The molecule has 206 valence electrons. The lowest BCUT2D eigenvalue weighted by atomic mass is 10.1. The summed E-state index contributed by atoms with van der Waals surface area (Å²) in [6.07, 6.45) is 6.31. The van der Waals surface area contributed by atoms with Gasteiger partial charge in [-0.2, -0.15) is 0 Å². The molecule has 5 rings (SSSR count). The van der Waals surface area contributed by atoms with Crippen molar-refractivity contribution in [2.24, 2.45) is 9.98 Å². The van der Waals surface area contributed by atoms with E-state index in [-0.39, 0.29) is 0 Å². The molecule has 2 aromatic heterocycles. The quantitative estimate of drug-likeness (QED) is 0.181. The lowest BCUT2D eigenvalue weighted by Crippen LogP contribution is -2.17. The molecule has 0 spiro atoms. The number of pyridine rings is 2. The van der Waals surface area contributed by atoms with Gasteiger partial charge in [0.15, 0.2) is 0 Å². The number of benzene rings is 3. The Labute approximate surface area is 241 Å². The summed E-state index contributed by atoms with van der Waals surface area (Å²) in [6, 6.07) is 27.8. The van der Waals surface area contributed by atoms with Gasteiger partial charge in [-0.05, 0) is 60.7 Å². The Balaban J connectivity index is 1.35. The molecule has 42 heavy (non-hydrogen) atoms. The van der Waals surface area contributed by atoms with Gasteiger partial charge >= 0.3 is 0 Å². The molecule has 6 N–H and O–H groups in total. The third kappa shape index (κ3) is 6.52. The number of nitrogens with one attached hydrogen (secondary N) is 2. The number of nitrogens with two attached hydrogens (primary N) is 2. The SMILES string of the molecule is Nc1ncccc1C=Nc1ccccc1C(=O)Nc1ccccc1NC(=O)c1ccccc1N=Cc1cccnc1N. The minimum Gasteiger partial charge on any atom is -0.383 e. The number of nitrogen functional groups attached to an aromatic ring is 2. The molecule has 3 aromatic carbocycles. The first-order valence-corrected chi connectivity index (χ1v) is 12.9. The number of carbonyl (C=O) groups is 2. The molecule has 0 saturated heterocycles. The molecule has 2 amide bonds. The Kier molecular flexibility index (Phi) is 8.35. The summed E-state index contributed by atoms with van der Waals surface area (Å²) < 4.78 is 0. The van der Waals surface area contributed by atoms with E-state index < -0.39 is 11.8 Å². The Morgan fingerprint density at radius 1 is 0.571 bits per heavy atom. The first-order valence-electron chi connectivity index (χ1n) is 12.9. The maximum Gasteiger partial charge on any atom is 0.257 e. The molecule has 0 unspecified atom stereocenters. The van der Waals surface area contributed by atoms with E-state index in [2.05, 4.69) is 30.6 Å². The van der Waals surface area contributed by atoms with Crippen molar-refractivity contribution in [1.82, 2.24) is 9.97 Å². The molecule has 0 bridgehead atoms. The summed E-state index contributed by atoms with van der Waals surface area (Å²) in [5.74, 6) is -0.132. The number of hydrogen-bond acceptors (Lipinski definition) is 8. The topological polar surface area (TPSA) is 161 Å². The van der Waals surface area contributed by atoms with Gasteiger partial charge in [0, 0.05) is 35.9 Å². The van der Waals surface area contributed by atoms with Crippen LogP contribution in [0.5, 0.6) is 0 Å². The van der Waals surface area contributed by atoms with E-state index in [9.17, 15) is 9.59 Å². The van der Waals surface area contributed by atoms with Gasteiger partial charge in [0.25, 0.3) is 11.8 Å². The van der Waals surface area contributed by atoms with Crippen molar-refractivity contribution in [3.63, 3.8) is 0 Å². The fourth-order valence-corrected chi connectivity index (χ4v) is 3.99. The summed E-state index contributed by atoms with van der Waals surface area (Å²) in [5, 5.41) is 5.77. The second kappa shape index (κ2) is 12.8. The number of aromatic nitrogens is 2. The van der Waals surface area contributed by atoms with E-state index in [1.807, 2.05) is 0 Å². The molecule has 5 aromatic rings. The zero-order valence-electron chi connectivity index (χ0n) is 22.3. The van der Waals surface area contributed by atoms with E-state index >= 15 is 0 Å². The number of carbonyl (C=O) groups excluding carboxylic acids is 2. The Hall–Kier alpha value is -6.16. The van der Waals surface area contributed by atoms with E-state index in [0.29, 0.717) is 56.6 Å². The zero-order valence-corrected chi connectivity index (χ0v) is 22.3. The van der Waals surface area contributed by atoms with Gasteiger partial charge in [-0.1, -0.05) is 36.4 Å². The van der Waals surface area contributed by atoms with Crippen LogP contribution < -0.4 is 22.1 Å². The number of para-hydroxylation sites is 4. The number of anilines is 4. The van der Waals surface area contributed by atoms with Gasteiger partial charge in [-0.3, -0.25) is 19.6 Å². The summed E-state index contributed by atoms with van der Waals surface area (Å²) in [5.41, 5.74) is 15.5. The second-order valence-corrected chi connectivity index (χ2v) is 8.96. The predicted octanol–water partition coefficient (Wildman–Crippen LogP) is 5.65. The minimum atomic E-state index is -0.400. The van der Waals surface area contributed by atoms with E-state index in [0.717, 1.165) is 0 Å². The highest BCUT2D eigenvalue weighted by Gasteiger charge is 2.16. The molecular formula is C32H26N8O2. The highest BCUT2D eigenvalue weighted by atomic mass is 16.2. The molecule has 0 radical (unpaired) electrons. The van der Waals surface area contributed by atoms with Crippen molar-refractivity contribution < 1.29 is 9.59 Å². The van der Waals surface area contributed by atoms with Crippen LogP contribution in [0.25, 0.3) is 0 Å². The van der Waals surface area contributed by atoms with Crippen LogP contribution in [0.15, 0.2) is 119 Å². The van der Waals surface area contributed by atoms with Crippen LogP contribution in [-0.2, 0) is 0 Å². The largest absolute Gasteiger partial charge is 0.383 e. The summed E-state index contributed by atoms with van der Waals surface area (Å²) in [4.78, 5) is 43.7. The monoisotopic (exact) mass is 554 g/mol. The smallest absolute Gasteiger partial charge is 0.257 e. The lowest BCUT2D eigenvalue weighted by Gasteiger charge is -2.14. The van der Waals surface area contributed by atoms with Gasteiger partial charge < -0.3 is 22.1 Å². The van der Waals surface area contributed by atoms with Gasteiger partial charge in [-0.25, -0.2) is 9.97 Å². The van der Waals surface area contributed by atoms with E-state index in [4.69, 9.17) is 11.5 Å². The van der Waals surface area contributed by atoms with Crippen LogP contribution >= 0.6 is 0 Å². The Bertz CT molecular complexity index is 1680. The third-order valence-corrected chi connectivity index (χ3v) is 6.15. The van der Waals surface area contributed by atoms with Crippen LogP contribution in [0.2, 0.25) is 0 Å². The molecule has 0 aliphatic rings. The molecule has 10 heteroatoms. The standard InChI is InChI=1S/C32H26N8O2/c33-29-21(9-7-17-35-29)19-37-25-13-3-1-11-23(25)31(41)39-27-15-5-6-16-28(27)40-32(42)24-12-2-4-14-26(24)38-20-22-10-8-18-36-30(22)34/h1-20H,(H2,33,35)(H2,34,36)(H,39,41)(H,40,42). The average molecular weight is 555 g/mol. The summed E-state index contributed by atoms with van der Waals surface area (Å²) in [6.45, 7) is 0. The van der Waals surface area contributed by atoms with Gasteiger partial charge in [0.05, 0.1) is 33.9 Å². The summed E-state index contributed by atoms with van der Waals surface area (Å²) >= 11 is 0. The van der Waals surface area contributed by atoms with Gasteiger partial charge in [0.1, 0.15) is 11.6 Å². The first kappa shape index (κ1) is 27.4. The molecule has 0 aliphatic heterocycles. The van der Waals surface area contributed by atoms with Crippen LogP contribution in [0.1, 0.15) is 31.8 Å². The number of rotatable bonds is 8. The van der Waals surface area contributed by atoms with E-state index in [1.54, 1.807) is 122 Å². The van der Waals surface area contributed by atoms with Crippen molar-refractivity contribution >= 4 is 58.6 Å². The molecular weight excluding hydrogens is 528 g/mol. The molecule has 10 nitrogen and oxygen atoms in total. The van der Waals surface area contributed by atoms with Crippen LogP contribution in [0.3, 0.4) is 0 Å². The fourth-order valence-electron chi connectivity index (χ4n) is 3.99. The van der Waals surface area contributed by atoms with Gasteiger partial charge in [-0.15, -0.1) is 0 Å². The maximum atomic E-state index is 13.4. The Morgan fingerprint density at radius 2 is 0.976 bits per heavy atom. The first-order chi connectivity index (χ1) is 20.5. The molecule has 0 aliphatic carbocycles. The van der Waals surface area contributed by atoms with Gasteiger partial charge in [0.2, 0.25) is 0 Å². The average Bonchev–Trinajstić information content (AvgIpc) is 3.01. The number of hydrogen-bond donors (Lipinski definition) is 4. The molecule has 0 saturated carbocycles. The maximum absolute atomic E-state index is 13.4. The van der Waals surface area contributed by atoms with Crippen molar-refractivity contribution in [3.8, 4) is 0 Å². The van der Waals surface area contributed by atoms with Crippen LogP contribution in [0, 0.1) is 0 Å². The Morgan fingerprint density at radius 3 is 1.40 bits per heavy atom. The molecule has 0 fully saturated rings. The number of aliphatic imine (C=N–C) groups is 2. The lowest BCUT2D eigenvalue weighted by molar-refractivity contribution is 0.101. The van der Waals surface area contributed by atoms with Crippen molar-refractivity contribution in [2.45, 2.75) is 0 Å². The number of nitrogens with zero attached hydrogens (tertiary/aromatic N) is 4. The molecule has 2 heterocycles. The van der Waals surface area contributed by atoms with Crippen molar-refractivity contribution in [2.75, 3.05) is 22.1 Å². The summed E-state index contributed by atoms with van der Waals surface area (Å²) in [7, 11) is 0. The second-order valence-electron chi connectivity index (χ2n) is 8.96. The van der Waals surface area contributed by atoms with Crippen LogP contribution in [-0.4, -0.2) is 34.2 Å². The fraction of sp³-hybridized carbons (Fsp3) is 0. The van der Waals surface area contributed by atoms with Crippen LogP contribution in [0.4, 0.5) is 34.4 Å². The third-order valence-electron chi connectivity index (χ3n) is 6.15.